The van der Waals surface area contributed by atoms with Gasteiger partial charge in [0.15, 0.2) is 15.0 Å². The first-order chi connectivity index (χ1) is 14.5. The number of aromatic nitrogens is 1. The van der Waals surface area contributed by atoms with Crippen molar-refractivity contribution in [2.75, 3.05) is 25.2 Å². The molecule has 12 heteroatoms. The zero-order chi connectivity index (χ0) is 22.8. The molecule has 8 nitrogen and oxygen atoms in total. The van der Waals surface area contributed by atoms with Gasteiger partial charge in [0.2, 0.25) is 15.9 Å². The van der Waals surface area contributed by atoms with Gasteiger partial charge in [-0.3, -0.25) is 4.79 Å². The normalized spacial score (nSPS) is 12.4. The van der Waals surface area contributed by atoms with Crippen molar-refractivity contribution in [1.82, 2.24) is 9.29 Å². The van der Waals surface area contributed by atoms with Crippen LogP contribution in [0.5, 0.6) is 0 Å². The number of nitrogens with zero attached hydrogens (tertiary/aromatic N) is 2. The molecule has 166 valence electrons. The Morgan fingerprint density at radius 3 is 2.35 bits per heavy atom. The second kappa shape index (κ2) is 8.99. The Balaban J connectivity index is 1.62. The first kappa shape index (κ1) is 23.3. The molecule has 1 heterocycles. The van der Waals surface area contributed by atoms with Crippen molar-refractivity contribution in [1.29, 1.82) is 0 Å². The average Bonchev–Trinajstić information content (AvgIpc) is 3.09. The molecule has 0 unspecified atom stereocenters. The summed E-state index contributed by atoms with van der Waals surface area (Å²) >= 11 is 1.13. The Bertz CT molecular complexity index is 1320. The van der Waals surface area contributed by atoms with Gasteiger partial charge in [-0.15, -0.1) is 0 Å². The highest BCUT2D eigenvalue weighted by Gasteiger charge is 2.19. The highest BCUT2D eigenvalue weighted by atomic mass is 32.2. The fourth-order valence-corrected chi connectivity index (χ4v) is 5.93. The number of thiazole rings is 1. The molecule has 0 saturated heterocycles. The molecule has 0 aliphatic rings. The van der Waals surface area contributed by atoms with Gasteiger partial charge < -0.3 is 5.32 Å². The predicted molar refractivity (Wildman–Crippen MR) is 117 cm³/mol. The summed E-state index contributed by atoms with van der Waals surface area (Å²) in [7, 11) is -4.32. The first-order valence-corrected chi connectivity index (χ1v) is 13.0. The van der Waals surface area contributed by atoms with E-state index in [1.54, 1.807) is 6.07 Å². The molecule has 1 amide bonds. The fourth-order valence-electron chi connectivity index (χ4n) is 2.69. The van der Waals surface area contributed by atoms with Crippen LogP contribution >= 0.6 is 11.3 Å². The van der Waals surface area contributed by atoms with Gasteiger partial charge in [0, 0.05) is 20.5 Å². The third-order valence-electron chi connectivity index (χ3n) is 4.37. The molecule has 3 aromatic rings. The number of halogens is 1. The summed E-state index contributed by atoms with van der Waals surface area (Å²) in [5.74, 6) is -1.19. The molecule has 1 aromatic heterocycles. The SMILES string of the molecule is CN(C)S(=O)(=O)c1ccc2nc(NC(=O)CCCS(=O)(=O)c3ccc(F)cc3)sc2c1. The van der Waals surface area contributed by atoms with Crippen LogP contribution in [0, 0.1) is 5.82 Å². The largest absolute Gasteiger partial charge is 0.302 e. The number of nitrogens with one attached hydrogen (secondary N) is 1. The summed E-state index contributed by atoms with van der Waals surface area (Å²) in [5, 5.41) is 2.90. The Morgan fingerprint density at radius 2 is 1.71 bits per heavy atom. The van der Waals surface area contributed by atoms with Gasteiger partial charge in [0.05, 0.1) is 25.8 Å². The van der Waals surface area contributed by atoms with E-state index in [9.17, 15) is 26.0 Å². The van der Waals surface area contributed by atoms with Crippen LogP contribution in [0.1, 0.15) is 12.8 Å². The summed E-state index contributed by atoms with van der Waals surface area (Å²) in [6.07, 6.45) is 0.0400. The van der Waals surface area contributed by atoms with Gasteiger partial charge in [0.1, 0.15) is 5.82 Å². The molecule has 0 radical (unpaired) electrons. The van der Waals surface area contributed by atoms with E-state index in [2.05, 4.69) is 10.3 Å². The van der Waals surface area contributed by atoms with Crippen LogP contribution in [-0.4, -0.2) is 51.9 Å². The maximum atomic E-state index is 12.9. The number of rotatable bonds is 8. The van der Waals surface area contributed by atoms with Crippen LogP contribution in [0.15, 0.2) is 52.3 Å². The summed E-state index contributed by atoms with van der Waals surface area (Å²) in [5.41, 5.74) is 0.539. The number of fused-ring (bicyclic) bond motifs is 1. The lowest BCUT2D eigenvalue weighted by Crippen LogP contribution is -2.22. The Labute approximate surface area is 183 Å². The second-order valence-corrected chi connectivity index (χ2v) is 12.2. The number of sulfonamides is 1. The number of benzene rings is 2. The molecule has 0 saturated carbocycles. The molecule has 0 spiro atoms. The maximum absolute atomic E-state index is 12.9. The van der Waals surface area contributed by atoms with Gasteiger partial charge in [-0.05, 0) is 48.9 Å². The lowest BCUT2D eigenvalue weighted by Gasteiger charge is -2.10. The van der Waals surface area contributed by atoms with Crippen molar-refractivity contribution in [3.05, 3.63) is 48.3 Å². The van der Waals surface area contributed by atoms with Crippen LogP contribution in [0.4, 0.5) is 9.52 Å². The van der Waals surface area contributed by atoms with Crippen molar-refractivity contribution < 1.29 is 26.0 Å². The minimum absolute atomic E-state index is 0.00367. The number of carbonyl (C=O) groups is 1. The smallest absolute Gasteiger partial charge is 0.242 e. The highest BCUT2D eigenvalue weighted by Crippen LogP contribution is 2.29. The van der Waals surface area contributed by atoms with Crippen LogP contribution in [-0.2, 0) is 24.7 Å². The second-order valence-electron chi connectivity index (χ2n) is 6.86. The number of amides is 1. The molecule has 0 fully saturated rings. The number of sulfone groups is 1. The quantitative estimate of drug-likeness (QED) is 0.491. The Kier molecular flexibility index (Phi) is 6.74. The van der Waals surface area contributed by atoms with Crippen LogP contribution in [0.25, 0.3) is 10.2 Å². The van der Waals surface area contributed by atoms with E-state index < -0.39 is 31.6 Å². The lowest BCUT2D eigenvalue weighted by molar-refractivity contribution is -0.116. The third kappa shape index (κ3) is 5.45. The molecule has 2 aromatic carbocycles. The lowest BCUT2D eigenvalue weighted by atomic mass is 10.3. The summed E-state index contributed by atoms with van der Waals surface area (Å²) in [6.45, 7) is 0. The summed E-state index contributed by atoms with van der Waals surface area (Å²) in [6, 6.07) is 9.03. The number of carbonyl (C=O) groups excluding carboxylic acids is 1. The van der Waals surface area contributed by atoms with Crippen LogP contribution in [0.3, 0.4) is 0 Å². The van der Waals surface area contributed by atoms with E-state index in [0.29, 0.717) is 15.3 Å². The van der Waals surface area contributed by atoms with Gasteiger partial charge >= 0.3 is 0 Å². The minimum Gasteiger partial charge on any atom is -0.302 e. The minimum atomic E-state index is -3.61. The maximum Gasteiger partial charge on any atom is 0.242 e. The van der Waals surface area contributed by atoms with Crippen molar-refractivity contribution in [3.8, 4) is 0 Å². The van der Waals surface area contributed by atoms with Crippen molar-refractivity contribution in [2.24, 2.45) is 0 Å². The predicted octanol–water partition coefficient (Wildman–Crippen LogP) is 2.88. The molecular weight excluding hydrogens is 465 g/mol. The highest BCUT2D eigenvalue weighted by molar-refractivity contribution is 7.91. The van der Waals surface area contributed by atoms with E-state index >= 15 is 0 Å². The number of hydrogen-bond donors (Lipinski definition) is 1. The topological polar surface area (TPSA) is 114 Å². The van der Waals surface area contributed by atoms with E-state index in [1.807, 2.05) is 0 Å². The first-order valence-electron chi connectivity index (χ1n) is 9.10. The molecule has 0 bridgehead atoms. The number of anilines is 1. The molecule has 31 heavy (non-hydrogen) atoms. The average molecular weight is 486 g/mol. The van der Waals surface area contributed by atoms with E-state index in [1.165, 1.54) is 38.4 Å². The van der Waals surface area contributed by atoms with Gasteiger partial charge in [-0.1, -0.05) is 11.3 Å². The van der Waals surface area contributed by atoms with Crippen molar-refractivity contribution in [3.63, 3.8) is 0 Å². The molecular formula is C19H20FN3O5S3. The van der Waals surface area contributed by atoms with Crippen molar-refractivity contribution >= 4 is 52.5 Å². The Morgan fingerprint density at radius 1 is 1.06 bits per heavy atom. The molecule has 3 rings (SSSR count). The monoisotopic (exact) mass is 485 g/mol. The molecule has 0 aliphatic carbocycles. The zero-order valence-electron chi connectivity index (χ0n) is 16.7. The van der Waals surface area contributed by atoms with E-state index in [4.69, 9.17) is 0 Å². The van der Waals surface area contributed by atoms with E-state index in [-0.39, 0.29) is 28.4 Å². The van der Waals surface area contributed by atoms with Crippen LogP contribution < -0.4 is 5.32 Å². The summed E-state index contributed by atoms with van der Waals surface area (Å²) in [4.78, 5) is 16.6. The number of hydrogen-bond acceptors (Lipinski definition) is 7. The molecule has 0 atom stereocenters. The zero-order valence-corrected chi connectivity index (χ0v) is 19.2. The van der Waals surface area contributed by atoms with Crippen molar-refractivity contribution in [2.45, 2.75) is 22.6 Å². The molecule has 0 aliphatic heterocycles. The van der Waals surface area contributed by atoms with Crippen LogP contribution in [0.2, 0.25) is 0 Å². The van der Waals surface area contributed by atoms with Gasteiger partial charge in [0.25, 0.3) is 0 Å². The van der Waals surface area contributed by atoms with Gasteiger partial charge in [-0.2, -0.15) is 0 Å². The standard InChI is InChI=1S/C19H20FN3O5S3/c1-23(2)31(27,28)15-9-10-16-17(12-15)29-19(21-16)22-18(24)4-3-11-30(25,26)14-7-5-13(20)6-8-14/h5-10,12H,3-4,11H2,1-2H3,(H,21,22,24). The fraction of sp³-hybridized carbons (Fsp3) is 0.263. The Hall–Kier alpha value is -2.41. The third-order valence-corrected chi connectivity index (χ3v) is 8.94. The molecule has 1 N–H and O–H groups in total. The summed E-state index contributed by atoms with van der Waals surface area (Å²) < 4.78 is 63.6. The van der Waals surface area contributed by atoms with Gasteiger partial charge in [-0.25, -0.2) is 30.5 Å². The van der Waals surface area contributed by atoms with E-state index in [0.717, 1.165) is 27.8 Å².